The molecule has 0 unspecified atom stereocenters. The van der Waals surface area contributed by atoms with Gasteiger partial charge in [-0.3, -0.25) is 9.10 Å². The summed E-state index contributed by atoms with van der Waals surface area (Å²) < 4.78 is 31.3. The van der Waals surface area contributed by atoms with Crippen LogP contribution in [-0.2, 0) is 14.8 Å². The van der Waals surface area contributed by atoms with Gasteiger partial charge in [-0.05, 0) is 50.5 Å². The van der Waals surface area contributed by atoms with Crippen molar-refractivity contribution in [1.29, 1.82) is 0 Å². The van der Waals surface area contributed by atoms with Crippen LogP contribution in [0, 0.1) is 13.8 Å². The maximum Gasteiger partial charge on any atom is 0.241 e. The lowest BCUT2D eigenvalue weighted by Crippen LogP contribution is -2.41. The quantitative estimate of drug-likeness (QED) is 0.673. The maximum atomic E-state index is 12.8. The van der Waals surface area contributed by atoms with Gasteiger partial charge in [-0.25, -0.2) is 8.42 Å². The molecule has 0 aliphatic carbocycles. The number of carbonyl (C=O) groups excluding carboxylic acids is 1. The molecule has 0 bridgehead atoms. The first-order chi connectivity index (χ1) is 13.7. The molecule has 6 nitrogen and oxygen atoms in total. The minimum absolute atomic E-state index is 0.181. The van der Waals surface area contributed by atoms with Gasteiger partial charge in [0.05, 0.1) is 24.6 Å². The number of nitrogens with zero attached hydrogens (tertiary/aromatic N) is 1. The molecule has 1 atom stereocenters. The number of rotatable bonds is 9. The van der Waals surface area contributed by atoms with E-state index in [2.05, 4.69) is 11.4 Å². The fraction of sp³-hybridized carbons (Fsp3) is 0.409. The molecule has 158 valence electrons. The second-order valence-corrected chi connectivity index (χ2v) is 9.00. The molecule has 0 saturated carbocycles. The highest BCUT2D eigenvalue weighted by atomic mass is 32.2. The molecule has 0 saturated heterocycles. The molecule has 0 spiro atoms. The third kappa shape index (κ3) is 6.22. The van der Waals surface area contributed by atoms with Gasteiger partial charge >= 0.3 is 0 Å². The average Bonchev–Trinajstić information content (AvgIpc) is 2.64. The molecule has 7 heteroatoms. The molecule has 0 aliphatic rings. The van der Waals surface area contributed by atoms with Gasteiger partial charge in [0.25, 0.3) is 0 Å². The fourth-order valence-corrected chi connectivity index (χ4v) is 4.13. The van der Waals surface area contributed by atoms with Crippen LogP contribution in [0.15, 0.2) is 42.5 Å². The first-order valence-electron chi connectivity index (χ1n) is 9.72. The largest absolute Gasteiger partial charge is 0.494 e. The van der Waals surface area contributed by atoms with Gasteiger partial charge in [0.2, 0.25) is 15.9 Å². The van der Waals surface area contributed by atoms with E-state index in [1.807, 2.05) is 39.8 Å². The first kappa shape index (κ1) is 22.7. The zero-order valence-electron chi connectivity index (χ0n) is 17.7. The van der Waals surface area contributed by atoms with Gasteiger partial charge in [-0.2, -0.15) is 0 Å². The van der Waals surface area contributed by atoms with Crippen LogP contribution >= 0.6 is 0 Å². The number of benzene rings is 2. The standard InChI is InChI=1S/C22H30N2O4S/c1-6-21(20-12-11-16(3)13-17(20)4)23-22(25)15-24(29(5,26)27)18-9-8-10-19(14-18)28-7-2/h8-14,21H,6-7,15H2,1-5H3,(H,23,25)/t21-/m1/s1. The Hall–Kier alpha value is -2.54. The maximum absolute atomic E-state index is 12.8. The van der Waals surface area contributed by atoms with E-state index >= 15 is 0 Å². The summed E-state index contributed by atoms with van der Waals surface area (Å²) in [4.78, 5) is 12.8. The highest BCUT2D eigenvalue weighted by Gasteiger charge is 2.23. The van der Waals surface area contributed by atoms with Crippen LogP contribution in [0.2, 0.25) is 0 Å². The van der Waals surface area contributed by atoms with Gasteiger partial charge in [0, 0.05) is 6.07 Å². The van der Waals surface area contributed by atoms with Gasteiger partial charge in [-0.15, -0.1) is 0 Å². The third-order valence-electron chi connectivity index (χ3n) is 4.65. The first-order valence-corrected chi connectivity index (χ1v) is 11.6. The summed E-state index contributed by atoms with van der Waals surface area (Å²) in [5.41, 5.74) is 3.69. The van der Waals surface area contributed by atoms with Crippen LogP contribution < -0.4 is 14.4 Å². The summed E-state index contributed by atoms with van der Waals surface area (Å²) in [6.07, 6.45) is 1.80. The van der Waals surface area contributed by atoms with Crippen LogP contribution in [-0.4, -0.2) is 33.7 Å². The topological polar surface area (TPSA) is 75.7 Å². The Kier molecular flexibility index (Phi) is 7.67. The predicted octanol–water partition coefficient (Wildman–Crippen LogP) is 3.74. The zero-order valence-corrected chi connectivity index (χ0v) is 18.5. The highest BCUT2D eigenvalue weighted by molar-refractivity contribution is 7.92. The summed E-state index contributed by atoms with van der Waals surface area (Å²) in [5.74, 6) is 0.199. The molecule has 0 aliphatic heterocycles. The summed E-state index contributed by atoms with van der Waals surface area (Å²) in [6, 6.07) is 12.7. The van der Waals surface area contributed by atoms with Crippen LogP contribution in [0.4, 0.5) is 5.69 Å². The molecular weight excluding hydrogens is 388 g/mol. The van der Waals surface area contributed by atoms with Crippen molar-refractivity contribution in [2.75, 3.05) is 23.7 Å². The molecule has 29 heavy (non-hydrogen) atoms. The van der Waals surface area contributed by atoms with Crippen molar-refractivity contribution >= 4 is 21.6 Å². The Labute approximate surface area is 173 Å². The van der Waals surface area contributed by atoms with Crippen LogP contribution in [0.5, 0.6) is 5.75 Å². The molecule has 0 aromatic heterocycles. The number of hydrogen-bond acceptors (Lipinski definition) is 4. The van der Waals surface area contributed by atoms with Crippen molar-refractivity contribution in [2.45, 2.75) is 40.2 Å². The number of anilines is 1. The molecule has 2 aromatic carbocycles. The van der Waals surface area contributed by atoms with Crippen LogP contribution in [0.1, 0.15) is 43.0 Å². The monoisotopic (exact) mass is 418 g/mol. The van der Waals surface area contributed by atoms with Crippen LogP contribution in [0.3, 0.4) is 0 Å². The molecule has 2 rings (SSSR count). The second-order valence-electron chi connectivity index (χ2n) is 7.09. The Morgan fingerprint density at radius 2 is 1.86 bits per heavy atom. The van der Waals surface area contributed by atoms with E-state index in [1.54, 1.807) is 24.3 Å². The van der Waals surface area contributed by atoms with Gasteiger partial charge in [-0.1, -0.05) is 36.8 Å². The minimum Gasteiger partial charge on any atom is -0.494 e. The molecule has 0 fully saturated rings. The van der Waals surface area contributed by atoms with Crippen molar-refractivity contribution in [3.63, 3.8) is 0 Å². The Morgan fingerprint density at radius 3 is 2.45 bits per heavy atom. The Bertz CT molecular complexity index is 957. The number of carbonyl (C=O) groups is 1. The van der Waals surface area contributed by atoms with Gasteiger partial charge in [0.15, 0.2) is 0 Å². The van der Waals surface area contributed by atoms with Gasteiger partial charge in [0.1, 0.15) is 12.3 Å². The van der Waals surface area contributed by atoms with E-state index in [1.165, 1.54) is 0 Å². The molecular formula is C22H30N2O4S. The SMILES string of the molecule is CCOc1cccc(N(CC(=O)N[C@H](CC)c2ccc(C)cc2C)S(C)(=O)=O)c1. The normalized spacial score (nSPS) is 12.3. The number of nitrogens with one attached hydrogen (secondary N) is 1. The lowest BCUT2D eigenvalue weighted by atomic mass is 9.97. The second kappa shape index (κ2) is 9.78. The van der Waals surface area contributed by atoms with E-state index in [0.717, 1.165) is 27.3 Å². The summed E-state index contributed by atoms with van der Waals surface area (Å²) in [6.45, 7) is 8.05. The smallest absolute Gasteiger partial charge is 0.241 e. The van der Waals surface area contributed by atoms with Gasteiger partial charge < -0.3 is 10.1 Å². The molecule has 2 aromatic rings. The van der Waals surface area contributed by atoms with Crippen molar-refractivity contribution in [1.82, 2.24) is 5.32 Å². The van der Waals surface area contributed by atoms with Crippen molar-refractivity contribution in [3.8, 4) is 5.75 Å². The lowest BCUT2D eigenvalue weighted by Gasteiger charge is -2.25. The lowest BCUT2D eigenvalue weighted by molar-refractivity contribution is -0.120. The highest BCUT2D eigenvalue weighted by Crippen LogP contribution is 2.24. The number of ether oxygens (including phenoxy) is 1. The average molecular weight is 419 g/mol. The van der Waals surface area contributed by atoms with Crippen LogP contribution in [0.25, 0.3) is 0 Å². The summed E-state index contributed by atoms with van der Waals surface area (Å²) in [5, 5.41) is 2.98. The van der Waals surface area contributed by atoms with E-state index in [4.69, 9.17) is 4.74 Å². The number of amides is 1. The Morgan fingerprint density at radius 1 is 1.14 bits per heavy atom. The Balaban J connectivity index is 2.23. The predicted molar refractivity (Wildman–Crippen MR) is 117 cm³/mol. The molecule has 0 radical (unpaired) electrons. The fourth-order valence-electron chi connectivity index (χ4n) is 3.28. The third-order valence-corrected chi connectivity index (χ3v) is 5.79. The van der Waals surface area contributed by atoms with E-state index < -0.39 is 10.0 Å². The van der Waals surface area contributed by atoms with E-state index in [9.17, 15) is 13.2 Å². The number of sulfonamides is 1. The molecule has 1 amide bonds. The van der Waals surface area contributed by atoms with Crippen molar-refractivity contribution in [3.05, 3.63) is 59.2 Å². The molecule has 0 heterocycles. The van der Waals surface area contributed by atoms with Crippen molar-refractivity contribution < 1.29 is 17.9 Å². The zero-order chi connectivity index (χ0) is 21.6. The summed E-state index contributed by atoms with van der Waals surface area (Å²) >= 11 is 0. The van der Waals surface area contributed by atoms with E-state index in [0.29, 0.717) is 24.5 Å². The van der Waals surface area contributed by atoms with Crippen molar-refractivity contribution in [2.24, 2.45) is 0 Å². The minimum atomic E-state index is -3.65. The number of hydrogen-bond donors (Lipinski definition) is 1. The summed E-state index contributed by atoms with van der Waals surface area (Å²) in [7, 11) is -3.65. The number of aryl methyl sites for hydroxylation is 2. The van der Waals surface area contributed by atoms with E-state index in [-0.39, 0.29) is 18.5 Å². The molecule has 1 N–H and O–H groups in total.